The molecule has 0 fully saturated rings. The lowest BCUT2D eigenvalue weighted by Gasteiger charge is -2.10. The van der Waals surface area contributed by atoms with E-state index < -0.39 is 11.9 Å². The van der Waals surface area contributed by atoms with Gasteiger partial charge in [0.1, 0.15) is 5.75 Å². The van der Waals surface area contributed by atoms with Crippen molar-refractivity contribution in [2.24, 2.45) is 5.92 Å². The lowest BCUT2D eigenvalue weighted by atomic mass is 10.2. The second-order valence-electron chi connectivity index (χ2n) is 5.77. The van der Waals surface area contributed by atoms with E-state index in [1.807, 2.05) is 0 Å². The van der Waals surface area contributed by atoms with Crippen molar-refractivity contribution in [1.82, 2.24) is 10.9 Å². The van der Waals surface area contributed by atoms with Crippen molar-refractivity contribution in [3.8, 4) is 5.75 Å². The van der Waals surface area contributed by atoms with Gasteiger partial charge in [-0.05, 0) is 54.4 Å². The first-order valence-electron chi connectivity index (χ1n) is 7.80. The molecule has 3 amide bonds. The minimum atomic E-state index is -0.562. The molecule has 0 aliphatic rings. The van der Waals surface area contributed by atoms with Crippen LogP contribution in [0.1, 0.15) is 24.2 Å². The predicted molar refractivity (Wildman–Crippen MR) is 97.8 cm³/mol. The summed E-state index contributed by atoms with van der Waals surface area (Å²) in [6.45, 7) is 4.73. The summed E-state index contributed by atoms with van der Waals surface area (Å²) < 4.78 is 5.55. The summed E-state index contributed by atoms with van der Waals surface area (Å²) >= 11 is 5.77. The number of benzene rings is 2. The van der Waals surface area contributed by atoms with Gasteiger partial charge in [-0.3, -0.25) is 10.2 Å². The summed E-state index contributed by atoms with van der Waals surface area (Å²) in [5.74, 6) is 0.687. The van der Waals surface area contributed by atoms with Gasteiger partial charge in [0.05, 0.1) is 6.61 Å². The fourth-order valence-electron chi connectivity index (χ4n) is 1.85. The molecule has 0 aromatic heterocycles. The molecule has 0 spiro atoms. The zero-order chi connectivity index (χ0) is 18.2. The molecule has 2 aromatic carbocycles. The maximum absolute atomic E-state index is 12.0. The van der Waals surface area contributed by atoms with Gasteiger partial charge in [-0.2, -0.15) is 0 Å². The molecule has 6 nitrogen and oxygen atoms in total. The number of hydrazine groups is 1. The van der Waals surface area contributed by atoms with Gasteiger partial charge in [0.25, 0.3) is 5.91 Å². The highest BCUT2D eigenvalue weighted by atomic mass is 35.5. The van der Waals surface area contributed by atoms with E-state index in [0.717, 1.165) is 0 Å². The number of hydrogen-bond acceptors (Lipinski definition) is 3. The van der Waals surface area contributed by atoms with Gasteiger partial charge in [-0.25, -0.2) is 10.2 Å². The van der Waals surface area contributed by atoms with E-state index in [9.17, 15) is 9.59 Å². The first kappa shape index (κ1) is 18.6. The molecule has 2 aromatic rings. The normalized spacial score (nSPS) is 10.2. The van der Waals surface area contributed by atoms with Gasteiger partial charge in [-0.15, -0.1) is 0 Å². The zero-order valence-corrected chi connectivity index (χ0v) is 14.8. The third-order valence-electron chi connectivity index (χ3n) is 3.09. The Morgan fingerprint density at radius 3 is 2.24 bits per heavy atom. The van der Waals surface area contributed by atoms with Gasteiger partial charge in [0.15, 0.2) is 0 Å². The van der Waals surface area contributed by atoms with Crippen molar-refractivity contribution in [2.45, 2.75) is 13.8 Å². The fraction of sp³-hybridized carbons (Fsp3) is 0.222. The molecule has 0 saturated heterocycles. The minimum absolute atomic E-state index is 0.406. The van der Waals surface area contributed by atoms with Crippen LogP contribution in [0.15, 0.2) is 48.5 Å². The molecular weight excluding hydrogens is 342 g/mol. The number of rotatable bonds is 5. The van der Waals surface area contributed by atoms with Gasteiger partial charge in [0, 0.05) is 16.3 Å². The average Bonchev–Trinajstić information content (AvgIpc) is 2.60. The summed E-state index contributed by atoms with van der Waals surface area (Å²) in [4.78, 5) is 23.8. The quantitative estimate of drug-likeness (QED) is 0.708. The Labute approximate surface area is 151 Å². The summed E-state index contributed by atoms with van der Waals surface area (Å²) in [6.07, 6.45) is 0. The first-order chi connectivity index (χ1) is 11.9. The number of ether oxygens (including phenoxy) is 1. The highest BCUT2D eigenvalue weighted by molar-refractivity contribution is 6.30. The second kappa shape index (κ2) is 8.94. The maximum atomic E-state index is 12.0. The Morgan fingerprint density at radius 2 is 1.64 bits per heavy atom. The average molecular weight is 362 g/mol. The van der Waals surface area contributed by atoms with Crippen LogP contribution in [-0.2, 0) is 0 Å². The molecule has 0 bridgehead atoms. The fourth-order valence-corrected chi connectivity index (χ4v) is 1.97. The summed E-state index contributed by atoms with van der Waals surface area (Å²) in [5, 5.41) is 3.14. The molecule has 132 valence electrons. The molecule has 3 N–H and O–H groups in total. The van der Waals surface area contributed by atoms with Gasteiger partial charge in [-0.1, -0.05) is 25.4 Å². The second-order valence-corrected chi connectivity index (χ2v) is 6.21. The molecule has 25 heavy (non-hydrogen) atoms. The number of halogens is 1. The molecule has 0 radical (unpaired) electrons. The Balaban J connectivity index is 1.81. The number of carbonyl (C=O) groups is 2. The lowest BCUT2D eigenvalue weighted by Crippen LogP contribution is -2.43. The van der Waals surface area contributed by atoms with Crippen molar-refractivity contribution in [1.29, 1.82) is 0 Å². The third-order valence-corrected chi connectivity index (χ3v) is 3.34. The maximum Gasteiger partial charge on any atom is 0.337 e. The van der Waals surface area contributed by atoms with Crippen LogP contribution in [0.2, 0.25) is 5.02 Å². The van der Waals surface area contributed by atoms with E-state index in [1.165, 1.54) is 0 Å². The smallest absolute Gasteiger partial charge is 0.337 e. The highest BCUT2D eigenvalue weighted by Gasteiger charge is 2.08. The number of hydrogen-bond donors (Lipinski definition) is 3. The topological polar surface area (TPSA) is 79.5 Å². The van der Waals surface area contributed by atoms with Crippen LogP contribution in [-0.4, -0.2) is 18.5 Å². The van der Waals surface area contributed by atoms with E-state index >= 15 is 0 Å². The number of carbonyl (C=O) groups excluding carboxylic acids is 2. The summed E-state index contributed by atoms with van der Waals surface area (Å²) in [7, 11) is 0. The molecule has 0 aliphatic heterocycles. The van der Waals surface area contributed by atoms with Crippen LogP contribution in [0.3, 0.4) is 0 Å². The van der Waals surface area contributed by atoms with E-state index in [2.05, 4.69) is 30.0 Å². The van der Waals surface area contributed by atoms with Crippen LogP contribution >= 0.6 is 11.6 Å². The SMILES string of the molecule is CC(C)COc1ccc(C(=O)NNC(=O)Nc2ccc(Cl)cc2)cc1. The number of urea groups is 1. The van der Waals surface area contributed by atoms with E-state index in [-0.39, 0.29) is 0 Å². The van der Waals surface area contributed by atoms with Crippen molar-refractivity contribution >= 4 is 29.2 Å². The molecule has 0 unspecified atom stereocenters. The minimum Gasteiger partial charge on any atom is -0.493 e. The van der Waals surface area contributed by atoms with Crippen molar-refractivity contribution in [2.75, 3.05) is 11.9 Å². The summed E-state index contributed by atoms with van der Waals surface area (Å²) in [5.41, 5.74) is 5.58. The van der Waals surface area contributed by atoms with Crippen LogP contribution in [0.4, 0.5) is 10.5 Å². The first-order valence-corrected chi connectivity index (χ1v) is 8.17. The predicted octanol–water partition coefficient (Wildman–Crippen LogP) is 3.84. The Kier molecular flexibility index (Phi) is 6.65. The van der Waals surface area contributed by atoms with Gasteiger partial charge in [0.2, 0.25) is 0 Å². The summed E-state index contributed by atoms with van der Waals surface area (Å²) in [6, 6.07) is 12.7. The van der Waals surface area contributed by atoms with Crippen LogP contribution < -0.4 is 20.9 Å². The Morgan fingerprint density at radius 1 is 1.00 bits per heavy atom. The highest BCUT2D eigenvalue weighted by Crippen LogP contribution is 2.14. The van der Waals surface area contributed by atoms with E-state index in [0.29, 0.717) is 34.5 Å². The molecule has 0 aliphatic carbocycles. The molecule has 0 saturated carbocycles. The van der Waals surface area contributed by atoms with Crippen molar-refractivity contribution in [3.63, 3.8) is 0 Å². The van der Waals surface area contributed by atoms with Crippen molar-refractivity contribution in [3.05, 3.63) is 59.1 Å². The lowest BCUT2D eigenvalue weighted by molar-refractivity contribution is 0.0938. The van der Waals surface area contributed by atoms with Crippen LogP contribution in [0, 0.1) is 5.92 Å². The largest absolute Gasteiger partial charge is 0.493 e. The molecule has 0 heterocycles. The number of amides is 3. The van der Waals surface area contributed by atoms with Crippen LogP contribution in [0.25, 0.3) is 0 Å². The Hall–Kier alpha value is -2.73. The van der Waals surface area contributed by atoms with Crippen molar-refractivity contribution < 1.29 is 14.3 Å². The zero-order valence-electron chi connectivity index (χ0n) is 14.0. The number of nitrogens with one attached hydrogen (secondary N) is 3. The standard InChI is InChI=1S/C18H20ClN3O3/c1-12(2)11-25-16-9-3-13(4-10-16)17(23)21-22-18(24)20-15-7-5-14(19)6-8-15/h3-10,12H,11H2,1-2H3,(H,21,23)(H2,20,22,24). The molecule has 7 heteroatoms. The number of anilines is 1. The van der Waals surface area contributed by atoms with Gasteiger partial charge < -0.3 is 10.1 Å². The van der Waals surface area contributed by atoms with Gasteiger partial charge >= 0.3 is 6.03 Å². The third kappa shape index (κ3) is 6.35. The molecule has 2 rings (SSSR count). The van der Waals surface area contributed by atoms with E-state index in [4.69, 9.17) is 16.3 Å². The Bertz CT molecular complexity index is 715. The monoisotopic (exact) mass is 361 g/mol. The van der Waals surface area contributed by atoms with E-state index in [1.54, 1.807) is 48.5 Å². The molecular formula is C18H20ClN3O3. The molecule has 0 atom stereocenters. The van der Waals surface area contributed by atoms with Crippen LogP contribution in [0.5, 0.6) is 5.75 Å².